The highest BCUT2D eigenvalue weighted by atomic mass is 16.5. The molecule has 0 unspecified atom stereocenters. The van der Waals surface area contributed by atoms with Gasteiger partial charge >= 0.3 is 0 Å². The van der Waals surface area contributed by atoms with Crippen molar-refractivity contribution in [2.24, 2.45) is 0 Å². The summed E-state index contributed by atoms with van der Waals surface area (Å²) in [5.41, 5.74) is 20.4. The van der Waals surface area contributed by atoms with Gasteiger partial charge in [0.2, 0.25) is 0 Å². The van der Waals surface area contributed by atoms with E-state index in [0.717, 1.165) is 33.5 Å². The van der Waals surface area contributed by atoms with Gasteiger partial charge in [0.1, 0.15) is 5.75 Å². The summed E-state index contributed by atoms with van der Waals surface area (Å²) in [5, 5.41) is 2.15. The van der Waals surface area contributed by atoms with E-state index in [1.54, 1.807) is 7.11 Å². The number of methoxy groups -OCH3 is 1. The largest absolute Gasteiger partial charge is 0.495 e. The molecule has 4 nitrogen and oxygen atoms in total. The molecule has 0 heterocycles. The Morgan fingerprint density at radius 3 is 2.27 bits per heavy atom. The second kappa shape index (κ2) is 6.72. The van der Waals surface area contributed by atoms with Crippen LogP contribution in [0.1, 0.15) is 5.56 Å². The molecule has 0 aliphatic carbocycles. The van der Waals surface area contributed by atoms with Crippen molar-refractivity contribution < 1.29 is 4.74 Å². The molecule has 0 aliphatic rings. The Kier molecular flexibility index (Phi) is 4.73. The number of nitrogens with two attached hydrogens (primary N) is 3. The van der Waals surface area contributed by atoms with Gasteiger partial charge in [0.05, 0.1) is 12.8 Å². The SMILES string of the molecule is COc1ccc(C)cc1N.Nc1ccc2c(N)cccc2c1. The van der Waals surface area contributed by atoms with Crippen LogP contribution in [0.5, 0.6) is 5.75 Å². The second-order valence-electron chi connectivity index (χ2n) is 5.07. The molecular weight excluding hydrogens is 274 g/mol. The van der Waals surface area contributed by atoms with Gasteiger partial charge in [0.25, 0.3) is 0 Å². The number of benzene rings is 3. The topological polar surface area (TPSA) is 87.3 Å². The van der Waals surface area contributed by atoms with Crippen molar-refractivity contribution in [3.8, 4) is 5.75 Å². The van der Waals surface area contributed by atoms with Crippen LogP contribution in [0.2, 0.25) is 0 Å². The standard InChI is InChI=1S/C10H10N2.C8H11NO/c11-8-4-5-9-7(6-8)2-1-3-10(9)12;1-6-3-4-8(10-2)7(9)5-6/h1-6H,11-12H2;3-5H,9H2,1-2H3. The maximum absolute atomic E-state index is 5.77. The van der Waals surface area contributed by atoms with Crippen molar-refractivity contribution in [2.45, 2.75) is 6.92 Å². The highest BCUT2D eigenvalue weighted by Gasteiger charge is 1.96. The van der Waals surface area contributed by atoms with Crippen molar-refractivity contribution in [3.05, 3.63) is 60.2 Å². The molecule has 0 saturated carbocycles. The maximum Gasteiger partial charge on any atom is 0.141 e. The Bertz CT molecular complexity index is 784. The predicted molar refractivity (Wildman–Crippen MR) is 94.9 cm³/mol. The first-order valence-electron chi connectivity index (χ1n) is 6.95. The van der Waals surface area contributed by atoms with Crippen LogP contribution in [0.3, 0.4) is 0 Å². The van der Waals surface area contributed by atoms with E-state index < -0.39 is 0 Å². The summed E-state index contributed by atoms with van der Waals surface area (Å²) in [7, 11) is 1.61. The first-order valence-corrected chi connectivity index (χ1v) is 6.95. The molecule has 0 radical (unpaired) electrons. The molecule has 0 saturated heterocycles. The van der Waals surface area contributed by atoms with E-state index in [9.17, 15) is 0 Å². The van der Waals surface area contributed by atoms with Gasteiger partial charge in [-0.25, -0.2) is 0 Å². The lowest BCUT2D eigenvalue weighted by Gasteiger charge is -2.03. The maximum atomic E-state index is 5.77. The lowest BCUT2D eigenvalue weighted by molar-refractivity contribution is 0.417. The first kappa shape index (κ1) is 15.5. The van der Waals surface area contributed by atoms with E-state index in [2.05, 4.69) is 0 Å². The molecule has 0 fully saturated rings. The highest BCUT2D eigenvalue weighted by Crippen LogP contribution is 2.22. The molecule has 6 N–H and O–H groups in total. The van der Waals surface area contributed by atoms with E-state index in [0.29, 0.717) is 5.69 Å². The normalized spacial score (nSPS) is 9.91. The number of nitrogen functional groups attached to an aromatic ring is 3. The third kappa shape index (κ3) is 3.61. The van der Waals surface area contributed by atoms with Crippen LogP contribution in [0, 0.1) is 6.92 Å². The van der Waals surface area contributed by atoms with Crippen LogP contribution in [0.4, 0.5) is 17.1 Å². The van der Waals surface area contributed by atoms with Crippen LogP contribution in [-0.4, -0.2) is 7.11 Å². The van der Waals surface area contributed by atoms with E-state index in [1.807, 2.05) is 61.5 Å². The summed E-state index contributed by atoms with van der Waals surface area (Å²) in [5.74, 6) is 0.741. The average molecular weight is 295 g/mol. The summed E-state index contributed by atoms with van der Waals surface area (Å²) in [6.45, 7) is 2.00. The van der Waals surface area contributed by atoms with Gasteiger partial charge in [0.15, 0.2) is 0 Å². The molecule has 4 heteroatoms. The number of hydrogen-bond donors (Lipinski definition) is 3. The molecule has 0 spiro atoms. The van der Waals surface area contributed by atoms with Gasteiger partial charge in [0, 0.05) is 16.8 Å². The fraction of sp³-hybridized carbons (Fsp3) is 0.111. The van der Waals surface area contributed by atoms with E-state index in [-0.39, 0.29) is 0 Å². The van der Waals surface area contributed by atoms with Crippen molar-refractivity contribution in [3.63, 3.8) is 0 Å². The summed E-state index contributed by atoms with van der Waals surface area (Å²) < 4.78 is 4.97. The third-order valence-electron chi connectivity index (χ3n) is 3.32. The molecule has 114 valence electrons. The fourth-order valence-electron chi connectivity index (χ4n) is 2.18. The third-order valence-corrected chi connectivity index (χ3v) is 3.32. The van der Waals surface area contributed by atoms with Crippen LogP contribution < -0.4 is 21.9 Å². The van der Waals surface area contributed by atoms with Crippen LogP contribution in [0.25, 0.3) is 10.8 Å². The summed E-state index contributed by atoms with van der Waals surface area (Å²) in [6.07, 6.45) is 0. The molecule has 3 aromatic carbocycles. The van der Waals surface area contributed by atoms with Gasteiger partial charge in [-0.3, -0.25) is 0 Å². The zero-order chi connectivity index (χ0) is 16.1. The van der Waals surface area contributed by atoms with Gasteiger partial charge in [-0.05, 0) is 48.2 Å². The number of hydrogen-bond acceptors (Lipinski definition) is 4. The minimum absolute atomic E-state index is 0.697. The van der Waals surface area contributed by atoms with Gasteiger partial charge in [-0.1, -0.05) is 24.3 Å². The molecule has 0 bridgehead atoms. The molecule has 0 aromatic heterocycles. The summed E-state index contributed by atoms with van der Waals surface area (Å²) >= 11 is 0. The highest BCUT2D eigenvalue weighted by molar-refractivity contribution is 5.94. The van der Waals surface area contributed by atoms with E-state index in [4.69, 9.17) is 21.9 Å². The average Bonchev–Trinajstić information content (AvgIpc) is 2.48. The minimum atomic E-state index is 0.697. The molecule has 22 heavy (non-hydrogen) atoms. The van der Waals surface area contributed by atoms with Crippen LogP contribution in [-0.2, 0) is 0 Å². The Balaban J connectivity index is 0.000000164. The van der Waals surface area contributed by atoms with Gasteiger partial charge < -0.3 is 21.9 Å². The molecule has 3 rings (SSSR count). The lowest BCUT2D eigenvalue weighted by Crippen LogP contribution is -1.91. The summed E-state index contributed by atoms with van der Waals surface area (Å²) in [4.78, 5) is 0. The number of aryl methyl sites for hydroxylation is 1. The molecule has 0 atom stereocenters. The van der Waals surface area contributed by atoms with Crippen LogP contribution >= 0.6 is 0 Å². The van der Waals surface area contributed by atoms with E-state index >= 15 is 0 Å². The van der Waals surface area contributed by atoms with Gasteiger partial charge in [-0.2, -0.15) is 0 Å². The number of fused-ring (bicyclic) bond motifs is 1. The molecule has 3 aromatic rings. The minimum Gasteiger partial charge on any atom is -0.495 e. The quantitative estimate of drug-likeness (QED) is 0.599. The Labute approximate surface area is 130 Å². The Morgan fingerprint density at radius 2 is 1.59 bits per heavy atom. The molecule has 0 aliphatic heterocycles. The molecule has 0 amide bonds. The fourth-order valence-corrected chi connectivity index (χ4v) is 2.18. The Hall–Kier alpha value is -2.88. The zero-order valence-corrected chi connectivity index (χ0v) is 12.8. The lowest BCUT2D eigenvalue weighted by atomic mass is 10.1. The van der Waals surface area contributed by atoms with Crippen molar-refractivity contribution in [2.75, 3.05) is 24.3 Å². The Morgan fingerprint density at radius 1 is 0.818 bits per heavy atom. The van der Waals surface area contributed by atoms with Crippen molar-refractivity contribution in [1.82, 2.24) is 0 Å². The zero-order valence-electron chi connectivity index (χ0n) is 12.8. The van der Waals surface area contributed by atoms with Crippen molar-refractivity contribution in [1.29, 1.82) is 0 Å². The smallest absolute Gasteiger partial charge is 0.141 e. The number of anilines is 3. The predicted octanol–water partition coefficient (Wildman–Crippen LogP) is 3.59. The van der Waals surface area contributed by atoms with Crippen molar-refractivity contribution >= 4 is 27.8 Å². The summed E-state index contributed by atoms with van der Waals surface area (Å²) in [6, 6.07) is 17.3. The monoisotopic (exact) mass is 295 g/mol. The molecular formula is C18H21N3O. The number of ether oxygens (including phenoxy) is 1. The van der Waals surface area contributed by atoms with E-state index in [1.165, 1.54) is 0 Å². The first-order chi connectivity index (χ1) is 10.5. The van der Waals surface area contributed by atoms with Crippen LogP contribution in [0.15, 0.2) is 54.6 Å². The van der Waals surface area contributed by atoms with Gasteiger partial charge in [-0.15, -0.1) is 0 Å². The number of rotatable bonds is 1. The second-order valence-corrected chi connectivity index (χ2v) is 5.07.